The van der Waals surface area contributed by atoms with Crippen LogP contribution in [0, 0.1) is 5.92 Å². The van der Waals surface area contributed by atoms with E-state index in [4.69, 9.17) is 0 Å². The van der Waals surface area contributed by atoms with Crippen molar-refractivity contribution in [3.63, 3.8) is 0 Å². The van der Waals surface area contributed by atoms with Gasteiger partial charge in [0.25, 0.3) is 0 Å². The molecule has 3 atom stereocenters. The Labute approximate surface area is 129 Å². The summed E-state index contributed by atoms with van der Waals surface area (Å²) in [5.74, 6) is 0.905. The molecule has 0 amide bonds. The van der Waals surface area contributed by atoms with Gasteiger partial charge in [-0.1, -0.05) is 19.8 Å². The van der Waals surface area contributed by atoms with Crippen LogP contribution in [0.3, 0.4) is 0 Å². The molecule has 106 valence electrons. The third-order valence-corrected chi connectivity index (χ3v) is 5.72. The van der Waals surface area contributed by atoms with Crippen molar-refractivity contribution in [2.75, 3.05) is 7.05 Å². The van der Waals surface area contributed by atoms with Gasteiger partial charge in [-0.2, -0.15) is 0 Å². The minimum Gasteiger partial charge on any atom is -0.316 e. The van der Waals surface area contributed by atoms with Crippen LogP contribution in [0.15, 0.2) is 27.8 Å². The summed E-state index contributed by atoms with van der Waals surface area (Å²) >= 11 is 5.38. The standard InChI is InChI=1S/C15H23BrN2S/c1-3-4-11-5-7-13(17-2)14(9-11)19-15-8-6-12(16)10-18-15/h6,8,10-11,13-14,17H,3-5,7,9H2,1-2H3. The fraction of sp³-hybridized carbons (Fsp3) is 0.667. The Bertz CT molecular complexity index is 382. The lowest BCUT2D eigenvalue weighted by atomic mass is 9.83. The lowest BCUT2D eigenvalue weighted by Crippen LogP contribution is -2.40. The van der Waals surface area contributed by atoms with E-state index < -0.39 is 0 Å². The first-order valence-electron chi connectivity index (χ1n) is 7.18. The Morgan fingerprint density at radius 3 is 2.89 bits per heavy atom. The van der Waals surface area contributed by atoms with Gasteiger partial charge in [-0.15, -0.1) is 11.8 Å². The molecule has 0 saturated heterocycles. The maximum Gasteiger partial charge on any atom is 0.0963 e. The molecule has 1 N–H and O–H groups in total. The summed E-state index contributed by atoms with van der Waals surface area (Å²) in [5.41, 5.74) is 0. The van der Waals surface area contributed by atoms with Gasteiger partial charge in [0.15, 0.2) is 0 Å². The van der Waals surface area contributed by atoms with Gasteiger partial charge in [0, 0.05) is 22.0 Å². The van der Waals surface area contributed by atoms with Crippen molar-refractivity contribution in [3.05, 3.63) is 22.8 Å². The summed E-state index contributed by atoms with van der Waals surface area (Å²) < 4.78 is 1.05. The van der Waals surface area contributed by atoms with Crippen LogP contribution < -0.4 is 5.32 Å². The van der Waals surface area contributed by atoms with Gasteiger partial charge in [0.2, 0.25) is 0 Å². The van der Waals surface area contributed by atoms with Crippen molar-refractivity contribution in [1.29, 1.82) is 0 Å². The lowest BCUT2D eigenvalue weighted by Gasteiger charge is -2.35. The van der Waals surface area contributed by atoms with E-state index in [1.54, 1.807) is 0 Å². The smallest absolute Gasteiger partial charge is 0.0963 e. The molecule has 1 heterocycles. The fourth-order valence-electron chi connectivity index (χ4n) is 2.93. The summed E-state index contributed by atoms with van der Waals surface area (Å²) in [6.07, 6.45) is 8.58. The van der Waals surface area contributed by atoms with E-state index in [0.717, 1.165) is 15.4 Å². The molecular formula is C15H23BrN2S. The number of aromatic nitrogens is 1. The highest BCUT2D eigenvalue weighted by Crippen LogP contribution is 2.37. The van der Waals surface area contributed by atoms with Crippen molar-refractivity contribution >= 4 is 27.7 Å². The highest BCUT2D eigenvalue weighted by molar-refractivity contribution is 9.10. The predicted molar refractivity (Wildman–Crippen MR) is 86.7 cm³/mol. The molecule has 1 aliphatic rings. The summed E-state index contributed by atoms with van der Waals surface area (Å²) in [6.45, 7) is 2.29. The first-order valence-corrected chi connectivity index (χ1v) is 8.85. The zero-order valence-electron chi connectivity index (χ0n) is 11.7. The second-order valence-corrected chi connectivity index (χ2v) is 7.51. The first-order chi connectivity index (χ1) is 9.22. The second-order valence-electron chi connectivity index (χ2n) is 5.33. The first kappa shape index (κ1) is 15.3. The monoisotopic (exact) mass is 342 g/mol. The Morgan fingerprint density at radius 1 is 1.42 bits per heavy atom. The van der Waals surface area contributed by atoms with Gasteiger partial charge < -0.3 is 5.32 Å². The van der Waals surface area contributed by atoms with Crippen LogP contribution in [-0.4, -0.2) is 23.3 Å². The maximum absolute atomic E-state index is 4.50. The molecule has 1 aliphatic carbocycles. The fourth-order valence-corrected chi connectivity index (χ4v) is 4.54. The van der Waals surface area contributed by atoms with Gasteiger partial charge in [-0.25, -0.2) is 4.98 Å². The molecule has 19 heavy (non-hydrogen) atoms. The van der Waals surface area contributed by atoms with Crippen LogP contribution in [0.25, 0.3) is 0 Å². The molecule has 0 aromatic carbocycles. The van der Waals surface area contributed by atoms with Crippen LogP contribution in [0.2, 0.25) is 0 Å². The summed E-state index contributed by atoms with van der Waals surface area (Å²) in [4.78, 5) is 4.50. The molecular weight excluding hydrogens is 320 g/mol. The summed E-state index contributed by atoms with van der Waals surface area (Å²) in [6, 6.07) is 4.82. The molecule has 1 saturated carbocycles. The van der Waals surface area contributed by atoms with E-state index in [0.29, 0.717) is 11.3 Å². The number of hydrogen-bond acceptors (Lipinski definition) is 3. The van der Waals surface area contributed by atoms with E-state index in [1.807, 2.05) is 18.0 Å². The quantitative estimate of drug-likeness (QED) is 0.852. The molecule has 0 spiro atoms. The average molecular weight is 343 g/mol. The predicted octanol–water partition coefficient (Wildman–Crippen LogP) is 4.49. The number of nitrogens with zero attached hydrogens (tertiary/aromatic N) is 1. The van der Waals surface area contributed by atoms with Crippen molar-refractivity contribution in [1.82, 2.24) is 10.3 Å². The number of pyridine rings is 1. The molecule has 1 fully saturated rings. The Kier molecular flexibility index (Phi) is 6.17. The number of hydrogen-bond donors (Lipinski definition) is 1. The molecule has 0 radical (unpaired) electrons. The van der Waals surface area contributed by atoms with E-state index in [-0.39, 0.29) is 0 Å². The highest BCUT2D eigenvalue weighted by atomic mass is 79.9. The van der Waals surface area contributed by atoms with Crippen LogP contribution >= 0.6 is 27.7 Å². The molecule has 0 bridgehead atoms. The lowest BCUT2D eigenvalue weighted by molar-refractivity contribution is 0.295. The van der Waals surface area contributed by atoms with Crippen molar-refractivity contribution in [2.45, 2.75) is 55.3 Å². The van der Waals surface area contributed by atoms with Crippen molar-refractivity contribution in [3.8, 4) is 0 Å². The van der Waals surface area contributed by atoms with Gasteiger partial charge in [0.05, 0.1) is 5.03 Å². The molecule has 3 unspecified atom stereocenters. The van der Waals surface area contributed by atoms with E-state index in [1.165, 1.54) is 32.1 Å². The van der Waals surface area contributed by atoms with Crippen LogP contribution in [-0.2, 0) is 0 Å². The number of halogens is 1. The van der Waals surface area contributed by atoms with E-state index in [2.05, 4.69) is 52.3 Å². The van der Waals surface area contributed by atoms with Gasteiger partial charge in [0.1, 0.15) is 0 Å². The Hall–Kier alpha value is -0.0600. The van der Waals surface area contributed by atoms with Gasteiger partial charge in [-0.3, -0.25) is 0 Å². The highest BCUT2D eigenvalue weighted by Gasteiger charge is 2.30. The Morgan fingerprint density at radius 2 is 2.26 bits per heavy atom. The van der Waals surface area contributed by atoms with Gasteiger partial charge >= 0.3 is 0 Å². The minimum atomic E-state index is 0.628. The molecule has 1 aromatic rings. The van der Waals surface area contributed by atoms with Crippen molar-refractivity contribution < 1.29 is 0 Å². The maximum atomic E-state index is 4.50. The van der Waals surface area contributed by atoms with Crippen LogP contribution in [0.1, 0.15) is 39.0 Å². The Balaban J connectivity index is 1.99. The average Bonchev–Trinajstić information content (AvgIpc) is 2.42. The molecule has 4 heteroatoms. The minimum absolute atomic E-state index is 0.628. The van der Waals surface area contributed by atoms with Crippen molar-refractivity contribution in [2.24, 2.45) is 5.92 Å². The summed E-state index contributed by atoms with van der Waals surface area (Å²) in [7, 11) is 2.09. The summed E-state index contributed by atoms with van der Waals surface area (Å²) in [5, 5.41) is 5.29. The third-order valence-electron chi connectivity index (χ3n) is 3.94. The third kappa shape index (κ3) is 4.47. The van der Waals surface area contributed by atoms with E-state index in [9.17, 15) is 0 Å². The zero-order chi connectivity index (χ0) is 13.7. The number of nitrogens with one attached hydrogen (secondary N) is 1. The molecule has 2 rings (SSSR count). The molecule has 0 aliphatic heterocycles. The van der Waals surface area contributed by atoms with Crippen LogP contribution in [0.5, 0.6) is 0 Å². The van der Waals surface area contributed by atoms with Gasteiger partial charge in [-0.05, 0) is 60.3 Å². The molecule has 2 nitrogen and oxygen atoms in total. The number of thioether (sulfide) groups is 1. The normalized spacial score (nSPS) is 27.4. The van der Waals surface area contributed by atoms with Crippen LogP contribution in [0.4, 0.5) is 0 Å². The number of rotatable bonds is 5. The van der Waals surface area contributed by atoms with E-state index >= 15 is 0 Å². The molecule has 1 aromatic heterocycles. The second kappa shape index (κ2) is 7.65. The topological polar surface area (TPSA) is 24.9 Å². The largest absolute Gasteiger partial charge is 0.316 e. The SMILES string of the molecule is CCCC1CCC(NC)C(Sc2ccc(Br)cn2)C1. The zero-order valence-corrected chi connectivity index (χ0v) is 14.1.